The van der Waals surface area contributed by atoms with Crippen molar-refractivity contribution in [2.75, 3.05) is 0 Å². The summed E-state index contributed by atoms with van der Waals surface area (Å²) in [6.45, 7) is 9.92. The van der Waals surface area contributed by atoms with E-state index in [1.165, 1.54) is 12.5 Å². The molecule has 0 N–H and O–H groups in total. The van der Waals surface area contributed by atoms with Gasteiger partial charge in [0.05, 0.1) is 23.7 Å². The quantitative estimate of drug-likeness (QED) is 0.204. The third kappa shape index (κ3) is 3.57. The van der Waals surface area contributed by atoms with Crippen molar-refractivity contribution < 1.29 is 28.0 Å². The first-order valence-electron chi connectivity index (χ1n) is 14.2. The van der Waals surface area contributed by atoms with Crippen molar-refractivity contribution in [2.24, 2.45) is 0 Å². The fourth-order valence-electron chi connectivity index (χ4n) is 6.87. The number of rotatable bonds is 0. The second-order valence-corrected chi connectivity index (χ2v) is 11.5. The van der Waals surface area contributed by atoms with Crippen molar-refractivity contribution in [3.05, 3.63) is 105 Å². The van der Waals surface area contributed by atoms with Gasteiger partial charge in [-0.25, -0.2) is 0 Å². The van der Waals surface area contributed by atoms with Crippen LogP contribution in [0.3, 0.4) is 0 Å². The van der Waals surface area contributed by atoms with Crippen LogP contribution in [-0.2, 0) is 12.8 Å². The van der Waals surface area contributed by atoms with E-state index in [-0.39, 0.29) is 0 Å². The van der Waals surface area contributed by atoms with Crippen molar-refractivity contribution in [1.29, 1.82) is 0 Å². The minimum Gasteiger partial charge on any atom is -0.463 e. The Labute approximate surface area is 242 Å². The molecule has 0 radical (unpaired) electrons. The number of hydrogen-bond donors (Lipinski definition) is 0. The molecule has 0 saturated heterocycles. The van der Waals surface area contributed by atoms with Gasteiger partial charge < -0.3 is 8.83 Å². The third-order valence-corrected chi connectivity index (χ3v) is 8.94. The molecule has 7 rings (SSSR count). The van der Waals surface area contributed by atoms with Crippen molar-refractivity contribution in [3.8, 4) is 22.6 Å². The molecule has 6 heteroatoms. The molecule has 0 atom stereocenters. The predicted molar refractivity (Wildman–Crippen MR) is 159 cm³/mol. The molecule has 2 aromatic carbocycles. The Hall–Kier alpha value is -4.84. The number of allylic oxidation sites excluding steroid dienone is 3. The van der Waals surface area contributed by atoms with Crippen molar-refractivity contribution in [1.82, 2.24) is 0 Å². The van der Waals surface area contributed by atoms with Gasteiger partial charge >= 0.3 is 0 Å². The normalized spacial score (nSPS) is 16.4. The van der Waals surface area contributed by atoms with Crippen LogP contribution < -0.4 is 0 Å². The van der Waals surface area contributed by atoms with E-state index in [1.807, 2.05) is 31.2 Å². The molecule has 0 spiro atoms. The van der Waals surface area contributed by atoms with Crippen LogP contribution in [0.1, 0.15) is 101 Å². The fourth-order valence-corrected chi connectivity index (χ4v) is 6.87. The van der Waals surface area contributed by atoms with Gasteiger partial charge in [0.25, 0.3) is 0 Å². The lowest BCUT2D eigenvalue weighted by molar-refractivity contribution is 0.0813. The summed E-state index contributed by atoms with van der Waals surface area (Å²) in [7, 11) is 0. The van der Waals surface area contributed by atoms with E-state index in [0.717, 1.165) is 33.4 Å². The minimum absolute atomic E-state index is 0.347. The second kappa shape index (κ2) is 9.35. The van der Waals surface area contributed by atoms with Crippen LogP contribution in [0, 0.1) is 13.8 Å². The molecule has 3 aliphatic carbocycles. The van der Waals surface area contributed by atoms with E-state index in [1.54, 1.807) is 13.8 Å². The summed E-state index contributed by atoms with van der Waals surface area (Å²) < 4.78 is 11.5. The van der Waals surface area contributed by atoms with E-state index in [9.17, 15) is 19.2 Å². The van der Waals surface area contributed by atoms with Gasteiger partial charge in [-0.3, -0.25) is 19.2 Å². The number of carbonyl (C=O) groups is 4. The van der Waals surface area contributed by atoms with E-state index >= 15 is 0 Å². The van der Waals surface area contributed by atoms with Gasteiger partial charge in [0.1, 0.15) is 11.5 Å². The van der Waals surface area contributed by atoms with Crippen LogP contribution in [0.2, 0.25) is 0 Å². The number of carbonyl (C=O) groups excluding carboxylic acids is 4. The standard InChI is InChI=1S/C36H28O6/c1-17-7-5-9-24-22(12-14-26-30(24)34(40)32(38)28-20(4)16-42-36(26)28)18(2)8-6-10-23-21(17)11-13-25-29(23)33(39)31(37)27-19(3)15-41-35(25)27/h8,11-16H,1,5-7,9-10H2,2-4H3. The summed E-state index contributed by atoms with van der Waals surface area (Å²) >= 11 is 0. The van der Waals surface area contributed by atoms with Gasteiger partial charge in [-0.1, -0.05) is 24.8 Å². The van der Waals surface area contributed by atoms with Crippen LogP contribution in [0.15, 0.2) is 58.3 Å². The molecule has 0 unspecified atom stereocenters. The Kier molecular flexibility index (Phi) is 5.80. The summed E-state index contributed by atoms with van der Waals surface area (Å²) in [5, 5.41) is 0. The summed E-state index contributed by atoms with van der Waals surface area (Å²) in [5.74, 6) is -1.15. The van der Waals surface area contributed by atoms with Crippen molar-refractivity contribution in [3.63, 3.8) is 0 Å². The molecule has 0 saturated carbocycles. The van der Waals surface area contributed by atoms with Gasteiger partial charge in [0, 0.05) is 22.3 Å². The summed E-state index contributed by atoms with van der Waals surface area (Å²) in [6, 6.07) is 7.71. The zero-order valence-electron chi connectivity index (χ0n) is 23.7. The summed E-state index contributed by atoms with van der Waals surface area (Å²) in [5.41, 5.74) is 9.44. The van der Waals surface area contributed by atoms with E-state index in [0.29, 0.717) is 88.1 Å². The zero-order valence-corrected chi connectivity index (χ0v) is 23.7. The minimum atomic E-state index is -0.534. The van der Waals surface area contributed by atoms with Gasteiger partial charge in [-0.15, -0.1) is 0 Å². The molecule has 3 aliphatic rings. The van der Waals surface area contributed by atoms with Crippen LogP contribution in [0.5, 0.6) is 0 Å². The average Bonchev–Trinajstić information content (AvgIpc) is 3.56. The first-order valence-corrected chi connectivity index (χ1v) is 14.2. The smallest absolute Gasteiger partial charge is 0.237 e. The molecule has 0 amide bonds. The lowest BCUT2D eigenvalue weighted by Gasteiger charge is -2.23. The highest BCUT2D eigenvalue weighted by Gasteiger charge is 2.38. The lowest BCUT2D eigenvalue weighted by Crippen LogP contribution is -2.24. The maximum atomic E-state index is 13.5. The van der Waals surface area contributed by atoms with E-state index in [4.69, 9.17) is 8.83 Å². The first kappa shape index (κ1) is 26.1. The van der Waals surface area contributed by atoms with Crippen LogP contribution in [-0.4, -0.2) is 23.1 Å². The highest BCUT2D eigenvalue weighted by Crippen LogP contribution is 2.43. The maximum absolute atomic E-state index is 13.5. The molecule has 208 valence electrons. The van der Waals surface area contributed by atoms with Gasteiger partial charge in [-0.2, -0.15) is 0 Å². The zero-order chi connectivity index (χ0) is 29.4. The molecular weight excluding hydrogens is 528 g/mol. The predicted octanol–water partition coefficient (Wildman–Crippen LogP) is 7.97. The Bertz CT molecular complexity index is 1970. The number of aryl methyl sites for hydroxylation is 2. The molecular formula is C36H28O6. The van der Waals surface area contributed by atoms with E-state index in [2.05, 4.69) is 12.7 Å². The third-order valence-electron chi connectivity index (χ3n) is 8.94. The number of fused-ring (bicyclic) bond motifs is 10. The summed E-state index contributed by atoms with van der Waals surface area (Å²) in [4.78, 5) is 53.3. The topological polar surface area (TPSA) is 94.6 Å². The van der Waals surface area contributed by atoms with Crippen molar-refractivity contribution in [2.45, 2.75) is 52.9 Å². The Morgan fingerprint density at radius 2 is 1.07 bits per heavy atom. The molecule has 0 fully saturated rings. The number of ketones is 4. The lowest BCUT2D eigenvalue weighted by atomic mass is 9.78. The Morgan fingerprint density at radius 1 is 0.595 bits per heavy atom. The van der Waals surface area contributed by atoms with Gasteiger partial charge in [0.2, 0.25) is 23.1 Å². The Balaban J connectivity index is 1.35. The average molecular weight is 557 g/mol. The van der Waals surface area contributed by atoms with Crippen molar-refractivity contribution >= 4 is 34.3 Å². The number of Topliss-reactive ketones (excluding diaryl/α,β-unsaturated/α-hetero) is 4. The highest BCUT2D eigenvalue weighted by molar-refractivity contribution is 6.54. The first-order chi connectivity index (χ1) is 20.2. The molecule has 0 bridgehead atoms. The number of benzene rings is 2. The largest absolute Gasteiger partial charge is 0.463 e. The molecule has 2 aromatic heterocycles. The van der Waals surface area contributed by atoms with Crippen LogP contribution >= 0.6 is 0 Å². The number of furan rings is 2. The fraction of sp³-hybridized carbons (Fsp3) is 0.222. The molecule has 2 heterocycles. The van der Waals surface area contributed by atoms with E-state index < -0.39 is 23.1 Å². The molecule has 42 heavy (non-hydrogen) atoms. The molecule has 6 nitrogen and oxygen atoms in total. The maximum Gasteiger partial charge on any atom is 0.237 e. The SMILES string of the molecule is C=C1CCCc2c(ccc3c2C(=O)C(=O)c2c(C)coc2-3)C(C)=CCCc2c1ccc1c2C(=O)C(=O)c2c(C)coc2-1. The highest BCUT2D eigenvalue weighted by atomic mass is 16.3. The van der Waals surface area contributed by atoms with Gasteiger partial charge in [-0.05, 0) is 110 Å². The monoisotopic (exact) mass is 556 g/mol. The molecule has 4 aromatic rings. The van der Waals surface area contributed by atoms with Gasteiger partial charge in [0.15, 0.2) is 0 Å². The molecule has 0 aliphatic heterocycles. The Morgan fingerprint density at radius 3 is 1.64 bits per heavy atom. The number of hydrogen-bond acceptors (Lipinski definition) is 6. The summed E-state index contributed by atoms with van der Waals surface area (Å²) in [6.07, 6.45) is 8.11. The second-order valence-electron chi connectivity index (χ2n) is 11.5. The van der Waals surface area contributed by atoms with Crippen LogP contribution in [0.4, 0.5) is 0 Å². The van der Waals surface area contributed by atoms with Crippen LogP contribution in [0.25, 0.3) is 33.8 Å².